The van der Waals surface area contributed by atoms with Crippen LogP contribution < -0.4 is 10.2 Å². The lowest BCUT2D eigenvalue weighted by Crippen LogP contribution is -2.43. The van der Waals surface area contributed by atoms with Crippen LogP contribution in [0.1, 0.15) is 24.8 Å². The van der Waals surface area contributed by atoms with Crippen LogP contribution in [0.2, 0.25) is 0 Å². The number of nitrogens with one attached hydrogen (secondary N) is 1. The molecule has 2 aromatic heterocycles. The van der Waals surface area contributed by atoms with Gasteiger partial charge in [-0.15, -0.1) is 21.5 Å². The first-order valence-corrected chi connectivity index (χ1v) is 11.1. The summed E-state index contributed by atoms with van der Waals surface area (Å²) in [7, 11) is 0. The first-order chi connectivity index (χ1) is 14.3. The van der Waals surface area contributed by atoms with Gasteiger partial charge in [0.05, 0.1) is 10.8 Å². The van der Waals surface area contributed by atoms with Gasteiger partial charge in [-0.1, -0.05) is 36.4 Å². The number of carbonyl (C=O) groups is 1. The first kappa shape index (κ1) is 19.6. The molecule has 1 fully saturated rings. The number of aromatic nitrogens is 2. The Kier molecular flexibility index (Phi) is 6.52. The number of piperidine rings is 1. The maximum atomic E-state index is 12.6. The van der Waals surface area contributed by atoms with Crippen molar-refractivity contribution in [3.63, 3.8) is 0 Å². The van der Waals surface area contributed by atoms with Gasteiger partial charge in [0.1, 0.15) is 5.69 Å². The molecule has 1 saturated heterocycles. The number of rotatable bonds is 7. The van der Waals surface area contributed by atoms with Gasteiger partial charge in [-0.05, 0) is 54.8 Å². The Bertz CT molecular complexity index is 896. The van der Waals surface area contributed by atoms with E-state index < -0.39 is 0 Å². The molecule has 1 N–H and O–H groups in total. The van der Waals surface area contributed by atoms with Gasteiger partial charge in [-0.3, -0.25) is 4.79 Å². The van der Waals surface area contributed by atoms with Crippen LogP contribution in [0.5, 0.6) is 0 Å². The van der Waals surface area contributed by atoms with Gasteiger partial charge in [0.15, 0.2) is 5.82 Å². The van der Waals surface area contributed by atoms with Crippen molar-refractivity contribution >= 4 is 23.1 Å². The second-order valence-corrected chi connectivity index (χ2v) is 8.37. The molecule has 4 rings (SSSR count). The highest BCUT2D eigenvalue weighted by atomic mass is 32.1. The minimum atomic E-state index is 0.0132. The minimum Gasteiger partial charge on any atom is -0.356 e. The smallest absolute Gasteiger partial charge is 0.224 e. The zero-order valence-corrected chi connectivity index (χ0v) is 17.3. The minimum absolute atomic E-state index is 0.0132. The normalized spacial score (nSPS) is 16.6. The van der Waals surface area contributed by atoms with Crippen molar-refractivity contribution in [3.8, 4) is 10.6 Å². The number of hydrogen-bond donors (Lipinski definition) is 1. The molecule has 1 aliphatic rings. The number of nitrogens with zero attached hydrogens (tertiary/aromatic N) is 3. The number of aryl methyl sites for hydroxylation is 1. The lowest BCUT2D eigenvalue weighted by Gasteiger charge is -2.32. The van der Waals surface area contributed by atoms with Gasteiger partial charge >= 0.3 is 0 Å². The first-order valence-electron chi connectivity index (χ1n) is 10.2. The van der Waals surface area contributed by atoms with Crippen LogP contribution in [0.3, 0.4) is 0 Å². The zero-order chi connectivity index (χ0) is 19.9. The maximum Gasteiger partial charge on any atom is 0.224 e. The quantitative estimate of drug-likeness (QED) is 0.598. The second kappa shape index (κ2) is 9.65. The molecule has 0 spiro atoms. The Morgan fingerprint density at radius 1 is 1.10 bits per heavy atom. The highest BCUT2D eigenvalue weighted by Crippen LogP contribution is 2.25. The van der Waals surface area contributed by atoms with Crippen molar-refractivity contribution in [1.29, 1.82) is 0 Å². The molecule has 29 heavy (non-hydrogen) atoms. The molecule has 6 heteroatoms. The Labute approximate surface area is 175 Å². The Morgan fingerprint density at radius 2 is 2.00 bits per heavy atom. The number of benzene rings is 1. The fraction of sp³-hybridized carbons (Fsp3) is 0.348. The Hall–Kier alpha value is -2.73. The van der Waals surface area contributed by atoms with Crippen molar-refractivity contribution in [2.24, 2.45) is 5.92 Å². The van der Waals surface area contributed by atoms with Crippen molar-refractivity contribution in [2.45, 2.75) is 25.7 Å². The van der Waals surface area contributed by atoms with E-state index in [0.717, 1.165) is 55.2 Å². The molecule has 5 nitrogen and oxygen atoms in total. The van der Waals surface area contributed by atoms with Crippen molar-refractivity contribution < 1.29 is 4.79 Å². The lowest BCUT2D eigenvalue weighted by atomic mass is 9.97. The molecule has 1 aliphatic heterocycles. The summed E-state index contributed by atoms with van der Waals surface area (Å²) in [5, 5.41) is 13.9. The van der Waals surface area contributed by atoms with E-state index >= 15 is 0 Å². The zero-order valence-electron chi connectivity index (χ0n) is 16.5. The summed E-state index contributed by atoms with van der Waals surface area (Å²) in [4.78, 5) is 15.9. The number of thiophene rings is 1. The van der Waals surface area contributed by atoms with Gasteiger partial charge < -0.3 is 10.2 Å². The molecule has 1 amide bonds. The van der Waals surface area contributed by atoms with E-state index in [0.29, 0.717) is 6.54 Å². The van der Waals surface area contributed by atoms with Crippen LogP contribution in [-0.4, -0.2) is 35.7 Å². The van der Waals surface area contributed by atoms with E-state index in [1.54, 1.807) is 11.3 Å². The third-order valence-corrected chi connectivity index (χ3v) is 6.22. The summed E-state index contributed by atoms with van der Waals surface area (Å²) in [6.45, 7) is 2.35. The summed E-state index contributed by atoms with van der Waals surface area (Å²) in [6.07, 6.45) is 3.88. The number of hydrogen-bond acceptors (Lipinski definition) is 5. The van der Waals surface area contributed by atoms with E-state index in [1.807, 2.05) is 35.7 Å². The predicted octanol–water partition coefficient (Wildman–Crippen LogP) is 4.17. The maximum absolute atomic E-state index is 12.6. The van der Waals surface area contributed by atoms with E-state index in [4.69, 9.17) is 0 Å². The summed E-state index contributed by atoms with van der Waals surface area (Å²) in [5.74, 6) is 1.03. The molecule has 3 aromatic rings. The van der Waals surface area contributed by atoms with Gasteiger partial charge in [0, 0.05) is 19.6 Å². The highest BCUT2D eigenvalue weighted by Gasteiger charge is 2.26. The summed E-state index contributed by atoms with van der Waals surface area (Å²) in [5.41, 5.74) is 2.21. The molecule has 0 bridgehead atoms. The number of amides is 1. The average Bonchev–Trinajstić information content (AvgIpc) is 3.32. The highest BCUT2D eigenvalue weighted by molar-refractivity contribution is 7.13. The van der Waals surface area contributed by atoms with Crippen LogP contribution in [0.15, 0.2) is 60.0 Å². The molecule has 0 radical (unpaired) electrons. The van der Waals surface area contributed by atoms with Crippen molar-refractivity contribution in [1.82, 2.24) is 15.5 Å². The molecule has 3 heterocycles. The monoisotopic (exact) mass is 406 g/mol. The molecule has 150 valence electrons. The van der Waals surface area contributed by atoms with Crippen molar-refractivity contribution in [3.05, 3.63) is 65.5 Å². The Balaban J connectivity index is 1.27. The molecule has 1 aromatic carbocycles. The average molecular weight is 407 g/mol. The largest absolute Gasteiger partial charge is 0.356 e. The second-order valence-electron chi connectivity index (χ2n) is 7.42. The lowest BCUT2D eigenvalue weighted by molar-refractivity contribution is -0.125. The molecule has 1 atom stereocenters. The van der Waals surface area contributed by atoms with Gasteiger partial charge in [0.2, 0.25) is 5.91 Å². The van der Waals surface area contributed by atoms with Gasteiger partial charge in [0.25, 0.3) is 0 Å². The van der Waals surface area contributed by atoms with Crippen molar-refractivity contribution in [2.75, 3.05) is 24.5 Å². The molecule has 0 aliphatic carbocycles. The molecule has 1 unspecified atom stereocenters. The van der Waals surface area contributed by atoms with E-state index in [-0.39, 0.29) is 11.8 Å². The van der Waals surface area contributed by atoms with Crippen LogP contribution in [-0.2, 0) is 11.2 Å². The molecular formula is C23H26N4OS. The van der Waals surface area contributed by atoms with E-state index in [9.17, 15) is 4.79 Å². The van der Waals surface area contributed by atoms with Crippen LogP contribution >= 0.6 is 11.3 Å². The number of carbonyl (C=O) groups excluding carboxylic acids is 1. The van der Waals surface area contributed by atoms with Gasteiger partial charge in [-0.25, -0.2) is 0 Å². The summed E-state index contributed by atoms with van der Waals surface area (Å²) < 4.78 is 0. The van der Waals surface area contributed by atoms with Gasteiger partial charge in [-0.2, -0.15) is 0 Å². The van der Waals surface area contributed by atoms with E-state index in [2.05, 4.69) is 44.7 Å². The third kappa shape index (κ3) is 5.21. The predicted molar refractivity (Wildman–Crippen MR) is 118 cm³/mol. The van der Waals surface area contributed by atoms with Crippen LogP contribution in [0, 0.1) is 5.92 Å². The number of anilines is 1. The third-order valence-electron chi connectivity index (χ3n) is 5.32. The fourth-order valence-corrected chi connectivity index (χ4v) is 4.43. The fourth-order valence-electron chi connectivity index (χ4n) is 3.74. The SMILES string of the molecule is O=C(NCCCc1ccccc1)C1CCCN(c2ccc(-c3cccs3)nn2)C1. The van der Waals surface area contributed by atoms with E-state index in [1.165, 1.54) is 5.56 Å². The Morgan fingerprint density at radius 3 is 2.76 bits per heavy atom. The molecule has 0 saturated carbocycles. The summed E-state index contributed by atoms with van der Waals surface area (Å²) in [6, 6.07) is 18.5. The van der Waals surface area contributed by atoms with Crippen LogP contribution in [0.4, 0.5) is 5.82 Å². The standard InChI is InChI=1S/C23H26N4OS/c28-23(24-14-4-9-18-7-2-1-3-8-18)19-10-5-15-27(17-19)22-13-12-20(25-26-22)21-11-6-16-29-21/h1-3,6-8,11-13,16,19H,4-5,9-10,14-15,17H2,(H,24,28). The summed E-state index contributed by atoms with van der Waals surface area (Å²) >= 11 is 1.66. The van der Waals surface area contributed by atoms with Crippen LogP contribution in [0.25, 0.3) is 10.6 Å². The topological polar surface area (TPSA) is 58.1 Å². The molecular weight excluding hydrogens is 380 g/mol.